The molecule has 1 aromatic rings. The Morgan fingerprint density at radius 2 is 2.00 bits per heavy atom. The molecule has 0 amide bonds. The zero-order valence-electron chi connectivity index (χ0n) is 13.4. The second kappa shape index (κ2) is 6.81. The van der Waals surface area contributed by atoms with Crippen molar-refractivity contribution in [1.82, 2.24) is 9.62 Å². The van der Waals surface area contributed by atoms with Gasteiger partial charge in [-0.25, -0.2) is 13.1 Å². The van der Waals surface area contributed by atoms with E-state index in [1.54, 1.807) is 0 Å². The fourth-order valence-electron chi connectivity index (χ4n) is 3.00. The summed E-state index contributed by atoms with van der Waals surface area (Å²) in [6, 6.07) is 4.34. The lowest BCUT2D eigenvalue weighted by molar-refractivity contribution is -0.384. The van der Waals surface area contributed by atoms with Crippen molar-refractivity contribution in [1.29, 1.82) is 0 Å². The number of nitro groups is 1. The maximum Gasteiger partial charge on any atom is 0.293 e. The van der Waals surface area contributed by atoms with E-state index >= 15 is 0 Å². The lowest BCUT2D eigenvalue weighted by Crippen LogP contribution is -2.39. The molecule has 0 aliphatic heterocycles. The number of likely N-dealkylation sites (N-methyl/N-ethyl adjacent to an activating group) is 1. The predicted octanol–water partition coefficient (Wildman–Crippen LogP) is 1.40. The van der Waals surface area contributed by atoms with Gasteiger partial charge in [0, 0.05) is 18.2 Å². The molecule has 9 heteroatoms. The third-order valence-corrected chi connectivity index (χ3v) is 5.64. The van der Waals surface area contributed by atoms with Crippen LogP contribution in [0.4, 0.5) is 11.4 Å². The smallest absolute Gasteiger partial charge is 0.293 e. The van der Waals surface area contributed by atoms with Crippen molar-refractivity contribution < 1.29 is 13.3 Å². The molecule has 0 spiro atoms. The Kier molecular flexibility index (Phi) is 5.23. The highest BCUT2D eigenvalue weighted by Crippen LogP contribution is 2.32. The fraction of sp³-hybridized carbons (Fsp3) is 0.571. The van der Waals surface area contributed by atoms with Gasteiger partial charge in [0.15, 0.2) is 0 Å². The minimum absolute atomic E-state index is 0.107. The molecule has 1 aliphatic carbocycles. The van der Waals surface area contributed by atoms with Gasteiger partial charge in [0.1, 0.15) is 5.69 Å². The molecule has 1 aromatic carbocycles. The summed E-state index contributed by atoms with van der Waals surface area (Å²) in [4.78, 5) is 12.7. The molecule has 128 valence electrons. The van der Waals surface area contributed by atoms with Crippen LogP contribution < -0.4 is 10.0 Å². The maximum absolute atomic E-state index is 11.8. The van der Waals surface area contributed by atoms with E-state index in [-0.39, 0.29) is 16.6 Å². The van der Waals surface area contributed by atoms with Crippen LogP contribution in [0.2, 0.25) is 0 Å². The van der Waals surface area contributed by atoms with Crippen molar-refractivity contribution in [2.75, 3.05) is 26.5 Å². The van der Waals surface area contributed by atoms with Crippen molar-refractivity contribution in [3.63, 3.8) is 0 Å². The molecule has 8 nitrogen and oxygen atoms in total. The molecular weight excluding hydrogens is 320 g/mol. The Morgan fingerprint density at radius 1 is 1.30 bits per heavy atom. The highest BCUT2D eigenvalue weighted by atomic mass is 32.2. The summed E-state index contributed by atoms with van der Waals surface area (Å²) < 4.78 is 25.8. The largest absolute Gasteiger partial charge is 0.375 e. The van der Waals surface area contributed by atoms with Gasteiger partial charge in [-0.15, -0.1) is 0 Å². The number of hydrogen-bond donors (Lipinski definition) is 2. The molecule has 2 N–H and O–H groups in total. The molecule has 0 radical (unpaired) electrons. The Bertz CT molecular complexity index is 690. The molecule has 0 aromatic heterocycles. The lowest BCUT2D eigenvalue weighted by atomic mass is 10.1. The number of sulfonamides is 1. The van der Waals surface area contributed by atoms with Crippen LogP contribution in [0.15, 0.2) is 23.1 Å². The van der Waals surface area contributed by atoms with Gasteiger partial charge in [-0.3, -0.25) is 10.1 Å². The zero-order valence-corrected chi connectivity index (χ0v) is 14.3. The SMILES string of the molecule is CNS(=O)(=O)c1ccc(N[C@@H]2CCC[C@H]2N(C)C)c([N+](=O)[O-])c1. The number of nitrogens with one attached hydrogen (secondary N) is 2. The number of rotatable bonds is 6. The van der Waals surface area contributed by atoms with Crippen LogP contribution in [0.25, 0.3) is 0 Å². The van der Waals surface area contributed by atoms with Gasteiger partial charge in [0.25, 0.3) is 5.69 Å². The first-order chi connectivity index (χ1) is 10.8. The summed E-state index contributed by atoms with van der Waals surface area (Å²) in [6.45, 7) is 0. The first kappa shape index (κ1) is 17.6. The number of nitro benzene ring substituents is 1. The van der Waals surface area contributed by atoms with Crippen LogP contribution in [0, 0.1) is 10.1 Å². The van der Waals surface area contributed by atoms with Crippen LogP contribution in [0.3, 0.4) is 0 Å². The molecule has 23 heavy (non-hydrogen) atoms. The fourth-order valence-corrected chi connectivity index (χ4v) is 3.75. The van der Waals surface area contributed by atoms with Gasteiger partial charge >= 0.3 is 0 Å². The Labute approximate surface area is 136 Å². The summed E-state index contributed by atoms with van der Waals surface area (Å²) in [5.74, 6) is 0. The summed E-state index contributed by atoms with van der Waals surface area (Å²) in [6.07, 6.45) is 3.02. The van der Waals surface area contributed by atoms with Crippen LogP contribution in [-0.4, -0.2) is 51.5 Å². The van der Waals surface area contributed by atoms with Crippen LogP contribution in [0.1, 0.15) is 19.3 Å². The normalized spacial score (nSPS) is 21.6. The minimum Gasteiger partial charge on any atom is -0.375 e. The molecular formula is C14H22N4O4S. The van der Waals surface area contributed by atoms with Gasteiger partial charge in [-0.05, 0) is 52.5 Å². The highest BCUT2D eigenvalue weighted by Gasteiger charge is 2.30. The monoisotopic (exact) mass is 342 g/mol. The standard InChI is InChI=1S/C14H22N4O4S/c1-15-23(21,22)10-7-8-12(14(9-10)18(19)20)16-11-5-4-6-13(11)17(2)3/h7-9,11,13,15-16H,4-6H2,1-3H3/t11-,13-/m1/s1. The predicted molar refractivity (Wildman–Crippen MR) is 88.1 cm³/mol. The topological polar surface area (TPSA) is 105 Å². The Morgan fingerprint density at radius 3 is 2.57 bits per heavy atom. The number of hydrogen-bond acceptors (Lipinski definition) is 6. The van der Waals surface area contributed by atoms with Crippen molar-refractivity contribution in [2.24, 2.45) is 0 Å². The van der Waals surface area contributed by atoms with E-state index in [0.717, 1.165) is 25.3 Å². The molecule has 2 atom stereocenters. The molecule has 1 saturated carbocycles. The van der Waals surface area contributed by atoms with Gasteiger partial charge < -0.3 is 10.2 Å². The molecule has 0 heterocycles. The molecule has 0 bridgehead atoms. The van der Waals surface area contributed by atoms with Crippen molar-refractivity contribution in [3.05, 3.63) is 28.3 Å². The maximum atomic E-state index is 11.8. The van der Waals surface area contributed by atoms with E-state index < -0.39 is 14.9 Å². The first-order valence-electron chi connectivity index (χ1n) is 7.41. The van der Waals surface area contributed by atoms with Gasteiger partial charge in [0.05, 0.1) is 9.82 Å². The third kappa shape index (κ3) is 3.80. The van der Waals surface area contributed by atoms with E-state index in [1.165, 1.54) is 19.2 Å². The summed E-state index contributed by atoms with van der Waals surface area (Å²) in [5.41, 5.74) is 0.120. The Hall–Kier alpha value is -1.71. The van der Waals surface area contributed by atoms with E-state index in [4.69, 9.17) is 0 Å². The van der Waals surface area contributed by atoms with Crippen LogP contribution in [-0.2, 0) is 10.0 Å². The quantitative estimate of drug-likeness (QED) is 0.598. The van der Waals surface area contributed by atoms with E-state index in [1.807, 2.05) is 14.1 Å². The minimum atomic E-state index is -3.71. The van der Waals surface area contributed by atoms with Gasteiger partial charge in [0.2, 0.25) is 10.0 Å². The summed E-state index contributed by atoms with van der Waals surface area (Å²) >= 11 is 0. The Balaban J connectivity index is 2.34. The third-order valence-electron chi connectivity index (χ3n) is 4.23. The number of nitrogens with zero attached hydrogens (tertiary/aromatic N) is 2. The lowest BCUT2D eigenvalue weighted by Gasteiger charge is -2.27. The van der Waals surface area contributed by atoms with Gasteiger partial charge in [-0.2, -0.15) is 0 Å². The van der Waals surface area contributed by atoms with E-state index in [2.05, 4.69) is 14.9 Å². The van der Waals surface area contributed by atoms with Crippen molar-refractivity contribution in [3.8, 4) is 0 Å². The zero-order chi connectivity index (χ0) is 17.2. The molecule has 2 rings (SSSR count). The van der Waals surface area contributed by atoms with Crippen LogP contribution >= 0.6 is 0 Å². The van der Waals surface area contributed by atoms with E-state index in [0.29, 0.717) is 11.7 Å². The average molecular weight is 342 g/mol. The summed E-state index contributed by atoms with van der Waals surface area (Å²) in [5, 5.41) is 14.5. The number of anilines is 1. The molecule has 0 unspecified atom stereocenters. The summed E-state index contributed by atoms with van der Waals surface area (Å²) in [7, 11) is 1.53. The van der Waals surface area contributed by atoms with Gasteiger partial charge in [-0.1, -0.05) is 0 Å². The first-order valence-corrected chi connectivity index (χ1v) is 8.89. The van der Waals surface area contributed by atoms with Crippen molar-refractivity contribution in [2.45, 2.75) is 36.2 Å². The number of benzene rings is 1. The van der Waals surface area contributed by atoms with Crippen LogP contribution in [0.5, 0.6) is 0 Å². The molecule has 0 saturated heterocycles. The average Bonchev–Trinajstić information content (AvgIpc) is 2.95. The second-order valence-electron chi connectivity index (χ2n) is 5.86. The highest BCUT2D eigenvalue weighted by molar-refractivity contribution is 7.89. The molecule has 1 fully saturated rings. The molecule has 1 aliphatic rings. The second-order valence-corrected chi connectivity index (χ2v) is 7.74. The van der Waals surface area contributed by atoms with Crippen molar-refractivity contribution >= 4 is 21.4 Å². The van der Waals surface area contributed by atoms with E-state index in [9.17, 15) is 18.5 Å².